The van der Waals surface area contributed by atoms with Crippen LogP contribution in [0.1, 0.15) is 40.5 Å². The van der Waals surface area contributed by atoms with Crippen molar-refractivity contribution >= 4 is 11.8 Å². The standard InChI is InChI=1S/C14H13NO2/c1-9-6-7-10(8-9)15-13(16)11-4-2-3-5-12(11)14(15)17/h2-5,8,10H,6-7H2,1H3. The van der Waals surface area contributed by atoms with E-state index in [1.54, 1.807) is 24.3 Å². The number of hydrogen-bond donors (Lipinski definition) is 0. The first kappa shape index (κ1) is 10.3. The molecule has 0 bridgehead atoms. The Bertz CT molecular complexity index is 510. The summed E-state index contributed by atoms with van der Waals surface area (Å²) < 4.78 is 0. The third-order valence-corrected chi connectivity index (χ3v) is 3.47. The Labute approximate surface area is 99.7 Å². The van der Waals surface area contributed by atoms with E-state index in [-0.39, 0.29) is 17.9 Å². The van der Waals surface area contributed by atoms with Crippen LogP contribution in [0.2, 0.25) is 0 Å². The zero-order valence-electron chi connectivity index (χ0n) is 9.64. The molecule has 1 aliphatic heterocycles. The quantitative estimate of drug-likeness (QED) is 0.545. The third-order valence-electron chi connectivity index (χ3n) is 3.47. The summed E-state index contributed by atoms with van der Waals surface area (Å²) in [5.41, 5.74) is 2.33. The number of allylic oxidation sites excluding steroid dienone is 1. The molecule has 0 spiro atoms. The van der Waals surface area contributed by atoms with Gasteiger partial charge in [0.05, 0.1) is 17.2 Å². The van der Waals surface area contributed by atoms with Gasteiger partial charge in [-0.15, -0.1) is 0 Å². The topological polar surface area (TPSA) is 37.4 Å². The van der Waals surface area contributed by atoms with Gasteiger partial charge in [0.15, 0.2) is 0 Å². The smallest absolute Gasteiger partial charge is 0.262 e. The second-order valence-electron chi connectivity index (χ2n) is 4.64. The van der Waals surface area contributed by atoms with E-state index in [2.05, 4.69) is 0 Å². The monoisotopic (exact) mass is 227 g/mol. The Morgan fingerprint density at radius 2 is 1.71 bits per heavy atom. The summed E-state index contributed by atoms with van der Waals surface area (Å²) in [6, 6.07) is 6.98. The number of rotatable bonds is 1. The Hall–Kier alpha value is -1.90. The van der Waals surface area contributed by atoms with Crippen molar-refractivity contribution in [2.75, 3.05) is 0 Å². The lowest BCUT2D eigenvalue weighted by atomic mass is 10.1. The fourth-order valence-electron chi connectivity index (χ4n) is 2.58. The van der Waals surface area contributed by atoms with Crippen LogP contribution in [0.15, 0.2) is 35.9 Å². The molecule has 1 aliphatic carbocycles. The molecule has 17 heavy (non-hydrogen) atoms. The minimum Gasteiger partial charge on any atom is -0.269 e. The second kappa shape index (κ2) is 3.55. The molecule has 1 atom stereocenters. The molecular weight excluding hydrogens is 214 g/mol. The van der Waals surface area contributed by atoms with Crippen LogP contribution in [-0.4, -0.2) is 22.8 Å². The van der Waals surface area contributed by atoms with E-state index in [4.69, 9.17) is 0 Å². The summed E-state index contributed by atoms with van der Waals surface area (Å²) in [6.07, 6.45) is 3.86. The van der Waals surface area contributed by atoms with E-state index < -0.39 is 0 Å². The van der Waals surface area contributed by atoms with Gasteiger partial charge in [-0.1, -0.05) is 23.8 Å². The van der Waals surface area contributed by atoms with E-state index in [0.29, 0.717) is 11.1 Å². The zero-order chi connectivity index (χ0) is 12.0. The molecule has 2 aliphatic rings. The first-order valence-electron chi connectivity index (χ1n) is 5.82. The summed E-state index contributed by atoms with van der Waals surface area (Å²) in [4.78, 5) is 25.8. The molecule has 0 fully saturated rings. The first-order chi connectivity index (χ1) is 8.18. The molecule has 1 heterocycles. The number of nitrogens with zero attached hydrogens (tertiary/aromatic N) is 1. The average Bonchev–Trinajstić information content (AvgIpc) is 2.84. The van der Waals surface area contributed by atoms with Gasteiger partial charge in [-0.3, -0.25) is 14.5 Å². The maximum atomic E-state index is 12.2. The van der Waals surface area contributed by atoms with Crippen molar-refractivity contribution in [1.29, 1.82) is 0 Å². The summed E-state index contributed by atoms with van der Waals surface area (Å²) in [5, 5.41) is 0. The lowest BCUT2D eigenvalue weighted by molar-refractivity contribution is 0.0614. The van der Waals surface area contributed by atoms with E-state index in [0.717, 1.165) is 12.8 Å². The van der Waals surface area contributed by atoms with Gasteiger partial charge in [0.25, 0.3) is 11.8 Å². The molecular formula is C14H13NO2. The van der Waals surface area contributed by atoms with Crippen LogP contribution in [0, 0.1) is 0 Å². The lowest BCUT2D eigenvalue weighted by Crippen LogP contribution is -2.37. The van der Waals surface area contributed by atoms with Gasteiger partial charge in [0, 0.05) is 0 Å². The molecule has 0 N–H and O–H groups in total. The van der Waals surface area contributed by atoms with Gasteiger partial charge in [-0.05, 0) is 31.9 Å². The van der Waals surface area contributed by atoms with Gasteiger partial charge in [-0.25, -0.2) is 0 Å². The molecule has 0 aromatic heterocycles. The van der Waals surface area contributed by atoms with E-state index in [1.165, 1.54) is 10.5 Å². The number of carbonyl (C=O) groups excluding carboxylic acids is 2. The zero-order valence-corrected chi connectivity index (χ0v) is 9.64. The van der Waals surface area contributed by atoms with Crippen molar-refractivity contribution in [1.82, 2.24) is 4.90 Å². The van der Waals surface area contributed by atoms with E-state index in [1.807, 2.05) is 13.0 Å². The van der Waals surface area contributed by atoms with Crippen LogP contribution in [0.5, 0.6) is 0 Å². The van der Waals surface area contributed by atoms with E-state index in [9.17, 15) is 9.59 Å². The van der Waals surface area contributed by atoms with Gasteiger partial charge in [0.2, 0.25) is 0 Å². The highest BCUT2D eigenvalue weighted by Crippen LogP contribution is 2.30. The van der Waals surface area contributed by atoms with Gasteiger partial charge in [0.1, 0.15) is 0 Å². The van der Waals surface area contributed by atoms with E-state index >= 15 is 0 Å². The highest BCUT2D eigenvalue weighted by atomic mass is 16.2. The lowest BCUT2D eigenvalue weighted by Gasteiger charge is -2.19. The molecule has 1 unspecified atom stereocenters. The summed E-state index contributed by atoms with van der Waals surface area (Å²) in [5.74, 6) is -0.303. The van der Waals surface area contributed by atoms with Crippen LogP contribution in [0.4, 0.5) is 0 Å². The minimum atomic E-state index is -0.151. The maximum Gasteiger partial charge on any atom is 0.262 e. The highest BCUT2D eigenvalue weighted by molar-refractivity contribution is 6.21. The van der Waals surface area contributed by atoms with Gasteiger partial charge in [-0.2, -0.15) is 0 Å². The number of benzene rings is 1. The Morgan fingerprint density at radius 3 is 2.18 bits per heavy atom. The SMILES string of the molecule is CC1=CC(N2C(=O)c3ccccc3C2=O)CC1. The Morgan fingerprint density at radius 1 is 1.12 bits per heavy atom. The second-order valence-corrected chi connectivity index (χ2v) is 4.64. The predicted octanol–water partition coefficient (Wildman–Crippen LogP) is 2.39. The molecule has 3 rings (SSSR count). The van der Waals surface area contributed by atoms with Crippen molar-refractivity contribution in [3.05, 3.63) is 47.0 Å². The van der Waals surface area contributed by atoms with Gasteiger partial charge >= 0.3 is 0 Å². The molecule has 3 heteroatoms. The van der Waals surface area contributed by atoms with Crippen LogP contribution < -0.4 is 0 Å². The summed E-state index contributed by atoms with van der Waals surface area (Å²) in [6.45, 7) is 2.04. The predicted molar refractivity (Wildman–Crippen MR) is 63.7 cm³/mol. The number of amides is 2. The Balaban J connectivity index is 2.01. The van der Waals surface area contributed by atoms with Crippen molar-refractivity contribution in [2.45, 2.75) is 25.8 Å². The van der Waals surface area contributed by atoms with Crippen molar-refractivity contribution in [3.63, 3.8) is 0 Å². The minimum absolute atomic E-state index is 0.0533. The third kappa shape index (κ3) is 1.42. The molecule has 0 saturated heterocycles. The van der Waals surface area contributed by atoms with Crippen molar-refractivity contribution in [2.24, 2.45) is 0 Å². The molecule has 0 saturated carbocycles. The molecule has 0 radical (unpaired) electrons. The molecule has 1 aromatic rings. The number of carbonyl (C=O) groups is 2. The Kier molecular flexibility index (Phi) is 2.15. The summed E-state index contributed by atoms with van der Waals surface area (Å²) in [7, 11) is 0. The molecule has 86 valence electrons. The number of imide groups is 1. The molecule has 2 amide bonds. The fourth-order valence-corrected chi connectivity index (χ4v) is 2.58. The van der Waals surface area contributed by atoms with Crippen molar-refractivity contribution < 1.29 is 9.59 Å². The fraction of sp³-hybridized carbons (Fsp3) is 0.286. The van der Waals surface area contributed by atoms with Crippen LogP contribution in [0.25, 0.3) is 0 Å². The number of fused-ring (bicyclic) bond motifs is 1. The van der Waals surface area contributed by atoms with Crippen LogP contribution in [0.3, 0.4) is 0 Å². The van der Waals surface area contributed by atoms with Crippen molar-refractivity contribution in [3.8, 4) is 0 Å². The largest absolute Gasteiger partial charge is 0.269 e. The number of hydrogen-bond acceptors (Lipinski definition) is 2. The average molecular weight is 227 g/mol. The van der Waals surface area contributed by atoms with Gasteiger partial charge < -0.3 is 0 Å². The van der Waals surface area contributed by atoms with Crippen LogP contribution in [-0.2, 0) is 0 Å². The normalized spacial score (nSPS) is 23.0. The molecule has 3 nitrogen and oxygen atoms in total. The van der Waals surface area contributed by atoms with Crippen LogP contribution >= 0.6 is 0 Å². The summed E-state index contributed by atoms with van der Waals surface area (Å²) >= 11 is 0. The first-order valence-corrected chi connectivity index (χ1v) is 5.82. The molecule has 1 aromatic carbocycles. The highest BCUT2D eigenvalue weighted by Gasteiger charge is 2.39. The maximum absolute atomic E-state index is 12.2.